The predicted molar refractivity (Wildman–Crippen MR) is 124 cm³/mol. The third-order valence-corrected chi connectivity index (χ3v) is 7.73. The van der Waals surface area contributed by atoms with Crippen LogP contribution >= 0.6 is 11.8 Å². The molecule has 0 aliphatic carbocycles. The Kier molecular flexibility index (Phi) is 6.28. The van der Waals surface area contributed by atoms with Crippen LogP contribution in [0.4, 0.5) is 11.8 Å². The minimum Gasteiger partial charge on any atom is -0.378 e. The number of anilines is 2. The van der Waals surface area contributed by atoms with E-state index < -0.39 is 10.8 Å². The van der Waals surface area contributed by atoms with E-state index in [1.165, 1.54) is 5.56 Å². The van der Waals surface area contributed by atoms with Crippen molar-refractivity contribution in [2.45, 2.75) is 10.8 Å². The normalized spacial score (nSPS) is 17.9. The van der Waals surface area contributed by atoms with Crippen LogP contribution in [0.25, 0.3) is 11.0 Å². The first-order valence-electron chi connectivity index (χ1n) is 10.4. The number of aromatic nitrogens is 4. The van der Waals surface area contributed by atoms with E-state index in [0.717, 1.165) is 40.7 Å². The molecule has 0 atom stereocenters. The van der Waals surface area contributed by atoms with E-state index in [4.69, 9.17) is 14.7 Å². The number of nitrogens with zero attached hydrogens (tertiary/aromatic N) is 6. The van der Waals surface area contributed by atoms with Gasteiger partial charge in [0.1, 0.15) is 22.4 Å². The molecule has 0 N–H and O–H groups in total. The summed E-state index contributed by atoms with van der Waals surface area (Å²) in [6.45, 7) is 4.27. The average molecular weight is 457 g/mol. The highest BCUT2D eigenvalue weighted by molar-refractivity contribution is 7.98. The zero-order valence-electron chi connectivity index (χ0n) is 17.1. The molecule has 162 valence electrons. The number of rotatable bonds is 5. The molecule has 0 saturated carbocycles. The Bertz CT molecular complexity index is 1070. The number of ether oxygens (including phenoxy) is 1. The van der Waals surface area contributed by atoms with Gasteiger partial charge in [0, 0.05) is 54.2 Å². The number of morpholine rings is 1. The van der Waals surface area contributed by atoms with Gasteiger partial charge < -0.3 is 14.5 Å². The predicted octanol–water partition coefficient (Wildman–Crippen LogP) is 2.12. The Morgan fingerprint density at radius 3 is 2.48 bits per heavy atom. The summed E-state index contributed by atoms with van der Waals surface area (Å²) < 4.78 is 17.4. The maximum atomic E-state index is 11.8. The number of hydrogen-bond donors (Lipinski definition) is 0. The van der Waals surface area contributed by atoms with Crippen molar-refractivity contribution >= 4 is 45.4 Å². The van der Waals surface area contributed by atoms with E-state index in [2.05, 4.69) is 31.9 Å². The van der Waals surface area contributed by atoms with E-state index in [1.807, 2.05) is 18.2 Å². The Hall–Kier alpha value is -2.30. The molecule has 4 heterocycles. The molecule has 3 aromatic rings. The van der Waals surface area contributed by atoms with E-state index >= 15 is 0 Å². The van der Waals surface area contributed by atoms with E-state index in [0.29, 0.717) is 43.8 Å². The first-order chi connectivity index (χ1) is 15.3. The van der Waals surface area contributed by atoms with E-state index in [1.54, 1.807) is 18.1 Å². The minimum atomic E-state index is -0.753. The fraction of sp³-hybridized carbons (Fsp3) is 0.429. The smallest absolute Gasteiger partial charge is 0.228 e. The number of hydrogen-bond acceptors (Lipinski definition) is 9. The Balaban J connectivity index is 1.54. The Morgan fingerprint density at radius 1 is 0.935 bits per heavy atom. The molecule has 0 bridgehead atoms. The quantitative estimate of drug-likeness (QED) is 0.423. The van der Waals surface area contributed by atoms with Crippen molar-refractivity contribution in [1.82, 2.24) is 19.9 Å². The Morgan fingerprint density at radius 2 is 1.71 bits per heavy atom. The molecule has 2 aliphatic heterocycles. The highest BCUT2D eigenvalue weighted by Gasteiger charge is 2.24. The SMILES string of the molecule is O=S1CCN(c2nc(N3CCOCC3)c3ncnc(SCc4ccccc4)c3n2)CC1. The van der Waals surface area contributed by atoms with Gasteiger partial charge in [-0.05, 0) is 5.56 Å². The molecule has 2 saturated heterocycles. The molecule has 0 amide bonds. The monoisotopic (exact) mass is 456 g/mol. The first kappa shape index (κ1) is 20.6. The molecule has 2 aromatic heterocycles. The van der Waals surface area contributed by atoms with E-state index in [9.17, 15) is 4.21 Å². The molecule has 5 rings (SSSR count). The highest BCUT2D eigenvalue weighted by atomic mass is 32.2. The van der Waals surface area contributed by atoms with Gasteiger partial charge in [-0.3, -0.25) is 4.21 Å². The van der Waals surface area contributed by atoms with Crippen molar-refractivity contribution in [2.75, 3.05) is 60.7 Å². The summed E-state index contributed by atoms with van der Waals surface area (Å²) in [5, 5.41) is 0.854. The summed E-state index contributed by atoms with van der Waals surface area (Å²) >= 11 is 1.66. The number of benzene rings is 1. The average Bonchev–Trinajstić information content (AvgIpc) is 2.84. The van der Waals surface area contributed by atoms with Gasteiger partial charge in [0.2, 0.25) is 5.95 Å². The van der Waals surface area contributed by atoms with Crippen molar-refractivity contribution in [3.8, 4) is 0 Å². The van der Waals surface area contributed by atoms with Gasteiger partial charge in [0.05, 0.1) is 13.2 Å². The fourth-order valence-electron chi connectivity index (χ4n) is 3.71. The largest absolute Gasteiger partial charge is 0.378 e. The molecule has 0 spiro atoms. The van der Waals surface area contributed by atoms with Gasteiger partial charge in [-0.25, -0.2) is 15.0 Å². The summed E-state index contributed by atoms with van der Waals surface area (Å²) in [6, 6.07) is 10.3. The van der Waals surface area contributed by atoms with Gasteiger partial charge in [0.25, 0.3) is 0 Å². The van der Waals surface area contributed by atoms with Gasteiger partial charge in [0.15, 0.2) is 5.82 Å². The molecule has 1 aromatic carbocycles. The summed E-state index contributed by atoms with van der Waals surface area (Å²) in [7, 11) is -0.753. The highest BCUT2D eigenvalue weighted by Crippen LogP contribution is 2.32. The zero-order valence-corrected chi connectivity index (χ0v) is 18.8. The van der Waals surface area contributed by atoms with Crippen LogP contribution in [-0.2, 0) is 21.3 Å². The standard InChI is InChI=1S/C21H24N6O2S2/c28-31-12-8-27(9-13-31)21-24-18-17(19(25-21)26-6-10-29-11-7-26)22-15-23-20(18)30-14-16-4-2-1-3-5-16/h1-5,15H,6-14H2. The molecule has 10 heteroatoms. The molecule has 0 unspecified atom stereocenters. The second kappa shape index (κ2) is 9.46. The lowest BCUT2D eigenvalue weighted by Gasteiger charge is -2.31. The summed E-state index contributed by atoms with van der Waals surface area (Å²) in [4.78, 5) is 23.3. The van der Waals surface area contributed by atoms with Crippen LogP contribution in [0.3, 0.4) is 0 Å². The van der Waals surface area contributed by atoms with Crippen molar-refractivity contribution in [1.29, 1.82) is 0 Å². The third-order valence-electron chi connectivity index (χ3n) is 5.41. The summed E-state index contributed by atoms with van der Waals surface area (Å²) in [5.41, 5.74) is 2.79. The van der Waals surface area contributed by atoms with Crippen LogP contribution < -0.4 is 9.80 Å². The number of thioether (sulfide) groups is 1. The fourth-order valence-corrected chi connectivity index (χ4v) is 5.65. The zero-order chi connectivity index (χ0) is 21.0. The van der Waals surface area contributed by atoms with Crippen LogP contribution in [0.5, 0.6) is 0 Å². The maximum Gasteiger partial charge on any atom is 0.228 e. The lowest BCUT2D eigenvalue weighted by molar-refractivity contribution is 0.122. The lowest BCUT2D eigenvalue weighted by atomic mass is 10.2. The second-order valence-electron chi connectivity index (χ2n) is 7.43. The lowest BCUT2D eigenvalue weighted by Crippen LogP contribution is -2.40. The van der Waals surface area contributed by atoms with Crippen molar-refractivity contribution < 1.29 is 8.95 Å². The topological polar surface area (TPSA) is 84.3 Å². The van der Waals surface area contributed by atoms with Crippen molar-refractivity contribution in [2.24, 2.45) is 0 Å². The van der Waals surface area contributed by atoms with Crippen LogP contribution in [0, 0.1) is 0 Å². The van der Waals surface area contributed by atoms with E-state index in [-0.39, 0.29) is 0 Å². The van der Waals surface area contributed by atoms with Gasteiger partial charge in [-0.15, -0.1) is 0 Å². The molecule has 31 heavy (non-hydrogen) atoms. The van der Waals surface area contributed by atoms with Gasteiger partial charge in [-0.2, -0.15) is 4.98 Å². The molecule has 0 radical (unpaired) electrons. The van der Waals surface area contributed by atoms with Crippen LogP contribution in [0.2, 0.25) is 0 Å². The van der Waals surface area contributed by atoms with Crippen molar-refractivity contribution in [3.05, 3.63) is 42.2 Å². The first-order valence-corrected chi connectivity index (χ1v) is 12.9. The third kappa shape index (κ3) is 4.65. The van der Waals surface area contributed by atoms with Crippen LogP contribution in [0.15, 0.2) is 41.7 Å². The number of fused-ring (bicyclic) bond motifs is 1. The maximum absolute atomic E-state index is 11.8. The summed E-state index contributed by atoms with van der Waals surface area (Å²) in [6.07, 6.45) is 1.60. The summed E-state index contributed by atoms with van der Waals surface area (Å²) in [5.74, 6) is 3.60. The molecule has 2 fully saturated rings. The second-order valence-corrected chi connectivity index (χ2v) is 10.1. The molecular weight excluding hydrogens is 432 g/mol. The Labute approximate surface area is 187 Å². The van der Waals surface area contributed by atoms with Gasteiger partial charge >= 0.3 is 0 Å². The molecule has 8 nitrogen and oxygen atoms in total. The van der Waals surface area contributed by atoms with Crippen molar-refractivity contribution in [3.63, 3.8) is 0 Å². The molecule has 2 aliphatic rings. The van der Waals surface area contributed by atoms with Crippen LogP contribution in [-0.4, -0.2) is 75.0 Å². The van der Waals surface area contributed by atoms with Crippen LogP contribution in [0.1, 0.15) is 5.56 Å². The molecular formula is C21H24N6O2S2. The van der Waals surface area contributed by atoms with Gasteiger partial charge in [-0.1, -0.05) is 42.1 Å². The minimum absolute atomic E-state index is 0.648.